The van der Waals surface area contributed by atoms with Gasteiger partial charge in [0, 0.05) is 19.1 Å². The summed E-state index contributed by atoms with van der Waals surface area (Å²) >= 11 is 0. The van der Waals surface area contributed by atoms with Crippen molar-refractivity contribution in [3.63, 3.8) is 0 Å². The first-order chi connectivity index (χ1) is 8.48. The molecule has 2 aliphatic rings. The van der Waals surface area contributed by atoms with E-state index in [0.717, 1.165) is 37.1 Å². The van der Waals surface area contributed by atoms with E-state index >= 15 is 0 Å². The van der Waals surface area contributed by atoms with Crippen LogP contribution in [0.15, 0.2) is 0 Å². The number of carbonyl (C=O) groups is 1. The van der Waals surface area contributed by atoms with Crippen LogP contribution >= 0.6 is 0 Å². The van der Waals surface area contributed by atoms with Gasteiger partial charge < -0.3 is 10.2 Å². The second kappa shape index (κ2) is 5.47. The zero-order valence-electron chi connectivity index (χ0n) is 10.3. The molecule has 2 atom stereocenters. The van der Waals surface area contributed by atoms with E-state index in [1.165, 1.54) is 0 Å². The van der Waals surface area contributed by atoms with Crippen LogP contribution in [0.1, 0.15) is 32.1 Å². The molecule has 0 bridgehead atoms. The number of hydrogen-bond acceptors (Lipinski definition) is 2. The van der Waals surface area contributed by atoms with Crippen molar-refractivity contribution in [3.05, 3.63) is 0 Å². The standard InChI is InChI=1S/C12H19F3N2O/c13-12(14,15)11(18)17-7-3-4-9(8-17)10-5-1-2-6-16-10/h9-10,16H,1-8H2/t9-,10-/m0/s1. The minimum absolute atomic E-state index is 0.172. The minimum Gasteiger partial charge on any atom is -0.335 e. The summed E-state index contributed by atoms with van der Waals surface area (Å²) in [6.07, 6.45) is 0.125. The van der Waals surface area contributed by atoms with Gasteiger partial charge in [-0.05, 0) is 38.1 Å². The lowest BCUT2D eigenvalue weighted by atomic mass is 9.86. The Balaban J connectivity index is 1.93. The Morgan fingerprint density at radius 1 is 1.17 bits per heavy atom. The first kappa shape index (κ1) is 13.6. The molecular weight excluding hydrogens is 245 g/mol. The number of hydrogen-bond donors (Lipinski definition) is 1. The van der Waals surface area contributed by atoms with Crippen molar-refractivity contribution in [2.75, 3.05) is 19.6 Å². The van der Waals surface area contributed by atoms with E-state index in [9.17, 15) is 18.0 Å². The first-order valence-corrected chi connectivity index (χ1v) is 6.58. The molecule has 1 amide bonds. The molecule has 0 aromatic rings. The third kappa shape index (κ3) is 3.16. The Morgan fingerprint density at radius 3 is 2.56 bits per heavy atom. The van der Waals surface area contributed by atoms with Gasteiger partial charge in [0.25, 0.3) is 0 Å². The van der Waals surface area contributed by atoms with E-state index in [1.54, 1.807) is 0 Å². The van der Waals surface area contributed by atoms with Gasteiger partial charge in [0.15, 0.2) is 0 Å². The molecule has 2 rings (SSSR count). The van der Waals surface area contributed by atoms with Gasteiger partial charge in [0.05, 0.1) is 0 Å². The van der Waals surface area contributed by atoms with Crippen LogP contribution < -0.4 is 5.32 Å². The van der Waals surface area contributed by atoms with Gasteiger partial charge in [-0.1, -0.05) is 6.42 Å². The Hall–Kier alpha value is -0.780. The summed E-state index contributed by atoms with van der Waals surface area (Å²) in [6.45, 7) is 1.42. The van der Waals surface area contributed by atoms with E-state index in [2.05, 4.69) is 5.32 Å². The monoisotopic (exact) mass is 264 g/mol. The molecule has 0 aromatic carbocycles. The molecule has 2 heterocycles. The highest BCUT2D eigenvalue weighted by Gasteiger charge is 2.44. The second-order valence-electron chi connectivity index (χ2n) is 5.21. The van der Waals surface area contributed by atoms with E-state index in [1.807, 2.05) is 0 Å². The van der Waals surface area contributed by atoms with Crippen molar-refractivity contribution in [1.82, 2.24) is 10.2 Å². The number of nitrogens with zero attached hydrogens (tertiary/aromatic N) is 1. The fourth-order valence-electron chi connectivity index (χ4n) is 2.98. The lowest BCUT2D eigenvalue weighted by molar-refractivity contribution is -0.187. The Kier molecular flexibility index (Phi) is 4.14. The molecule has 3 nitrogen and oxygen atoms in total. The van der Waals surface area contributed by atoms with Crippen LogP contribution in [0.3, 0.4) is 0 Å². The third-order valence-corrected chi connectivity index (χ3v) is 3.91. The topological polar surface area (TPSA) is 32.3 Å². The van der Waals surface area contributed by atoms with Crippen molar-refractivity contribution in [3.8, 4) is 0 Å². The summed E-state index contributed by atoms with van der Waals surface area (Å²) in [5.74, 6) is -1.51. The number of alkyl halides is 3. The molecule has 0 aromatic heterocycles. The fourth-order valence-corrected chi connectivity index (χ4v) is 2.98. The molecule has 0 saturated carbocycles. The first-order valence-electron chi connectivity index (χ1n) is 6.58. The smallest absolute Gasteiger partial charge is 0.335 e. The lowest BCUT2D eigenvalue weighted by Crippen LogP contribution is -2.51. The SMILES string of the molecule is O=C(N1CCC[C@H]([C@@H]2CCCCN2)C1)C(F)(F)F. The maximum atomic E-state index is 12.4. The van der Waals surface area contributed by atoms with Crippen molar-refractivity contribution >= 4 is 5.91 Å². The maximum Gasteiger partial charge on any atom is 0.471 e. The number of piperidine rings is 2. The Labute approximate surface area is 105 Å². The molecule has 0 aliphatic carbocycles. The summed E-state index contributed by atoms with van der Waals surface area (Å²) in [7, 11) is 0. The van der Waals surface area contributed by atoms with Crippen LogP contribution in [0, 0.1) is 5.92 Å². The second-order valence-corrected chi connectivity index (χ2v) is 5.21. The highest BCUT2D eigenvalue weighted by atomic mass is 19.4. The molecule has 0 unspecified atom stereocenters. The van der Waals surface area contributed by atoms with Gasteiger partial charge in [0.1, 0.15) is 0 Å². The molecule has 2 fully saturated rings. The van der Waals surface area contributed by atoms with Crippen molar-refractivity contribution in [2.24, 2.45) is 5.92 Å². The Morgan fingerprint density at radius 2 is 1.94 bits per heavy atom. The Bertz CT molecular complexity index is 300. The van der Waals surface area contributed by atoms with Gasteiger partial charge in [-0.2, -0.15) is 13.2 Å². The van der Waals surface area contributed by atoms with E-state index in [-0.39, 0.29) is 25.0 Å². The van der Waals surface area contributed by atoms with Crippen LogP contribution in [0.5, 0.6) is 0 Å². The summed E-state index contributed by atoms with van der Waals surface area (Å²) in [5, 5.41) is 3.37. The highest BCUT2D eigenvalue weighted by Crippen LogP contribution is 2.27. The predicted octanol–water partition coefficient (Wildman–Crippen LogP) is 1.93. The average Bonchev–Trinajstić information content (AvgIpc) is 2.38. The summed E-state index contributed by atoms with van der Waals surface area (Å²) < 4.78 is 37.2. The zero-order valence-corrected chi connectivity index (χ0v) is 10.3. The van der Waals surface area contributed by atoms with Gasteiger partial charge in [0.2, 0.25) is 0 Å². The molecule has 2 aliphatic heterocycles. The van der Waals surface area contributed by atoms with Crippen molar-refractivity contribution < 1.29 is 18.0 Å². The molecule has 18 heavy (non-hydrogen) atoms. The number of carbonyl (C=O) groups excluding carboxylic acids is 1. The molecule has 6 heteroatoms. The van der Waals surface area contributed by atoms with E-state index in [4.69, 9.17) is 0 Å². The van der Waals surface area contributed by atoms with Crippen LogP contribution in [0.2, 0.25) is 0 Å². The number of halogens is 3. The number of amides is 1. The van der Waals surface area contributed by atoms with Gasteiger partial charge in [-0.3, -0.25) is 4.79 Å². The molecule has 2 saturated heterocycles. The molecule has 1 N–H and O–H groups in total. The number of rotatable bonds is 1. The van der Waals surface area contributed by atoms with E-state index < -0.39 is 12.1 Å². The van der Waals surface area contributed by atoms with Gasteiger partial charge in [-0.25, -0.2) is 0 Å². The van der Waals surface area contributed by atoms with Crippen LogP contribution in [0.25, 0.3) is 0 Å². The van der Waals surface area contributed by atoms with Gasteiger partial charge >= 0.3 is 12.1 Å². The predicted molar refractivity (Wildman–Crippen MR) is 61.0 cm³/mol. The fraction of sp³-hybridized carbons (Fsp3) is 0.917. The molecular formula is C12H19F3N2O. The molecule has 0 spiro atoms. The molecule has 0 radical (unpaired) electrons. The average molecular weight is 264 g/mol. The summed E-state index contributed by atoms with van der Waals surface area (Å²) in [5.41, 5.74) is 0. The third-order valence-electron chi connectivity index (χ3n) is 3.91. The van der Waals surface area contributed by atoms with Crippen LogP contribution in [-0.4, -0.2) is 42.7 Å². The van der Waals surface area contributed by atoms with Gasteiger partial charge in [-0.15, -0.1) is 0 Å². The number of likely N-dealkylation sites (tertiary alicyclic amines) is 1. The van der Waals surface area contributed by atoms with Crippen molar-refractivity contribution in [1.29, 1.82) is 0 Å². The highest BCUT2D eigenvalue weighted by molar-refractivity contribution is 5.81. The quantitative estimate of drug-likeness (QED) is 0.785. The minimum atomic E-state index is -4.73. The zero-order chi connectivity index (χ0) is 13.2. The molecule has 104 valence electrons. The number of nitrogens with one attached hydrogen (secondary N) is 1. The van der Waals surface area contributed by atoms with E-state index in [0.29, 0.717) is 6.42 Å². The van der Waals surface area contributed by atoms with Crippen LogP contribution in [-0.2, 0) is 4.79 Å². The normalized spacial score (nSPS) is 30.3. The largest absolute Gasteiger partial charge is 0.471 e. The maximum absolute atomic E-state index is 12.4. The summed E-state index contributed by atoms with van der Waals surface area (Å²) in [4.78, 5) is 12.2. The van der Waals surface area contributed by atoms with Crippen molar-refractivity contribution in [2.45, 2.75) is 44.3 Å². The lowest BCUT2D eigenvalue weighted by Gasteiger charge is -2.39. The summed E-state index contributed by atoms with van der Waals surface area (Å²) in [6, 6.07) is 0.280. The van der Waals surface area contributed by atoms with Crippen LogP contribution in [0.4, 0.5) is 13.2 Å².